The third-order valence-electron chi connectivity index (χ3n) is 5.10. The molecule has 2 aromatic carbocycles. The van der Waals surface area contributed by atoms with Crippen molar-refractivity contribution in [3.63, 3.8) is 0 Å². The minimum absolute atomic E-state index is 0.246. The van der Waals surface area contributed by atoms with E-state index in [0.29, 0.717) is 6.42 Å². The van der Waals surface area contributed by atoms with Crippen molar-refractivity contribution in [2.45, 2.75) is 30.2 Å². The Labute approximate surface area is 157 Å². The number of rotatable bonds is 8. The molecule has 0 spiro atoms. The zero-order chi connectivity index (χ0) is 18.8. The normalized spacial score (nSPS) is 22.7. The van der Waals surface area contributed by atoms with Gasteiger partial charge in [-0.15, -0.1) is 0 Å². The summed E-state index contributed by atoms with van der Waals surface area (Å²) < 4.78 is 37.2. The lowest BCUT2D eigenvalue weighted by atomic mass is 9.88. The molecule has 0 radical (unpaired) electrons. The standard InChI is InChI=1S/C20H25O4PS/c1-4-23-25(21,24-5-2)20(26(3)22)16-19(20,17-12-8-6-9-13-17)18-14-10-7-11-15-18/h6-15H,4-5,16H2,1-3H3. The van der Waals surface area contributed by atoms with Crippen molar-refractivity contribution in [2.24, 2.45) is 0 Å². The van der Waals surface area contributed by atoms with E-state index in [0.717, 1.165) is 11.1 Å². The third-order valence-corrected chi connectivity index (χ3v) is 10.6. The zero-order valence-electron chi connectivity index (χ0n) is 15.4. The molecule has 0 heterocycles. The van der Waals surface area contributed by atoms with Crippen molar-refractivity contribution in [3.05, 3.63) is 71.8 Å². The highest BCUT2D eigenvalue weighted by molar-refractivity contribution is 7.94. The van der Waals surface area contributed by atoms with Crippen molar-refractivity contribution in [2.75, 3.05) is 19.5 Å². The summed E-state index contributed by atoms with van der Waals surface area (Å²) in [7, 11) is -5.04. The molecular weight excluding hydrogens is 367 g/mol. The highest BCUT2D eigenvalue weighted by Gasteiger charge is 2.81. The smallest absolute Gasteiger partial charge is 0.308 e. The fourth-order valence-corrected chi connectivity index (χ4v) is 9.05. The second kappa shape index (κ2) is 7.40. The van der Waals surface area contributed by atoms with Crippen molar-refractivity contribution < 1.29 is 17.8 Å². The van der Waals surface area contributed by atoms with E-state index in [2.05, 4.69) is 0 Å². The molecule has 1 fully saturated rings. The fourth-order valence-electron chi connectivity index (χ4n) is 4.00. The Hall–Kier alpha value is -1.26. The highest BCUT2D eigenvalue weighted by atomic mass is 32.2. The first kappa shape index (κ1) is 19.5. The molecule has 2 aromatic rings. The van der Waals surface area contributed by atoms with Crippen LogP contribution in [0.5, 0.6) is 0 Å². The molecule has 4 nitrogen and oxygen atoms in total. The molecule has 1 saturated carbocycles. The van der Waals surface area contributed by atoms with Crippen molar-refractivity contribution in [1.29, 1.82) is 0 Å². The largest absolute Gasteiger partial charge is 0.350 e. The van der Waals surface area contributed by atoms with Gasteiger partial charge in [0.25, 0.3) is 0 Å². The van der Waals surface area contributed by atoms with E-state index in [1.807, 2.05) is 60.7 Å². The Morgan fingerprint density at radius 2 is 1.35 bits per heavy atom. The molecule has 0 aromatic heterocycles. The van der Waals surface area contributed by atoms with Gasteiger partial charge < -0.3 is 9.05 Å². The second-order valence-corrected chi connectivity index (χ2v) is 10.6. The number of benzene rings is 2. The first-order chi connectivity index (χ1) is 12.5. The van der Waals surface area contributed by atoms with Crippen LogP contribution in [-0.2, 0) is 29.8 Å². The summed E-state index contributed by atoms with van der Waals surface area (Å²) in [5.41, 5.74) is 1.32. The molecular formula is C20H25O4PS. The van der Waals surface area contributed by atoms with E-state index < -0.39 is 28.3 Å². The van der Waals surface area contributed by atoms with Gasteiger partial charge in [0.1, 0.15) is 0 Å². The molecule has 1 aliphatic rings. The van der Waals surface area contributed by atoms with E-state index >= 15 is 0 Å². The van der Waals surface area contributed by atoms with Crippen molar-refractivity contribution >= 4 is 18.4 Å². The lowest BCUT2D eigenvalue weighted by molar-refractivity contribution is 0.215. The lowest BCUT2D eigenvalue weighted by Crippen LogP contribution is -2.31. The minimum atomic E-state index is -3.62. The molecule has 0 N–H and O–H groups in total. The van der Waals surface area contributed by atoms with Crippen molar-refractivity contribution in [3.8, 4) is 0 Å². The van der Waals surface area contributed by atoms with Gasteiger partial charge in [-0.05, 0) is 31.4 Å². The van der Waals surface area contributed by atoms with Crippen LogP contribution in [0.25, 0.3) is 0 Å². The first-order valence-electron chi connectivity index (χ1n) is 8.82. The van der Waals surface area contributed by atoms with Crippen LogP contribution in [0.4, 0.5) is 0 Å². The molecule has 3 rings (SSSR count). The molecule has 2 atom stereocenters. The van der Waals surface area contributed by atoms with Gasteiger partial charge >= 0.3 is 7.60 Å². The van der Waals surface area contributed by atoms with Gasteiger partial charge in [-0.25, -0.2) is 0 Å². The molecule has 1 aliphatic carbocycles. The van der Waals surface area contributed by atoms with Crippen LogP contribution in [0.3, 0.4) is 0 Å². The van der Waals surface area contributed by atoms with Crippen LogP contribution >= 0.6 is 7.60 Å². The Morgan fingerprint density at radius 3 is 1.69 bits per heavy atom. The Balaban J connectivity index is 2.27. The van der Waals surface area contributed by atoms with Crippen LogP contribution in [0, 0.1) is 0 Å². The molecule has 26 heavy (non-hydrogen) atoms. The van der Waals surface area contributed by atoms with Crippen LogP contribution in [0.1, 0.15) is 31.4 Å². The highest BCUT2D eigenvalue weighted by Crippen LogP contribution is 2.82. The first-order valence-corrected chi connectivity index (χ1v) is 11.9. The average molecular weight is 392 g/mol. The topological polar surface area (TPSA) is 52.6 Å². The van der Waals surface area contributed by atoms with Crippen LogP contribution < -0.4 is 0 Å². The van der Waals surface area contributed by atoms with Gasteiger partial charge in [0.05, 0.1) is 18.6 Å². The monoisotopic (exact) mass is 392 g/mol. The summed E-state index contributed by atoms with van der Waals surface area (Å²) in [5.74, 6) is 0. The lowest BCUT2D eigenvalue weighted by Gasteiger charge is -2.31. The van der Waals surface area contributed by atoms with E-state index in [9.17, 15) is 8.77 Å². The molecule has 0 bridgehead atoms. The van der Waals surface area contributed by atoms with Crippen LogP contribution in [0.2, 0.25) is 0 Å². The van der Waals surface area contributed by atoms with E-state index in [1.54, 1.807) is 20.1 Å². The third kappa shape index (κ3) is 2.73. The molecule has 0 amide bonds. The van der Waals surface area contributed by atoms with E-state index in [-0.39, 0.29) is 13.2 Å². The molecule has 0 aliphatic heterocycles. The summed E-state index contributed by atoms with van der Waals surface area (Å²) in [6.07, 6.45) is 2.08. The predicted molar refractivity (Wildman–Crippen MR) is 106 cm³/mol. The maximum atomic E-state index is 13.9. The summed E-state index contributed by atoms with van der Waals surface area (Å²) in [4.78, 5) is 0. The summed E-state index contributed by atoms with van der Waals surface area (Å²) in [6.45, 7) is 4.06. The SMILES string of the molecule is CCOP(=O)(OCC)C1(S(C)=O)CC1(c1ccccc1)c1ccccc1. The van der Waals surface area contributed by atoms with Gasteiger partial charge in [-0.1, -0.05) is 60.7 Å². The molecule has 2 unspecified atom stereocenters. The van der Waals surface area contributed by atoms with Crippen LogP contribution in [0.15, 0.2) is 60.7 Å². The molecule has 140 valence electrons. The summed E-state index contributed by atoms with van der Waals surface area (Å²) in [5, 5.41) is 0. The van der Waals surface area contributed by atoms with E-state index in [1.165, 1.54) is 0 Å². The zero-order valence-corrected chi connectivity index (χ0v) is 17.1. The predicted octanol–water partition coefficient (Wildman–Crippen LogP) is 4.72. The number of hydrogen-bond acceptors (Lipinski definition) is 4. The van der Waals surface area contributed by atoms with Crippen molar-refractivity contribution in [1.82, 2.24) is 0 Å². The summed E-state index contributed by atoms with van der Waals surface area (Å²) >= 11 is 0. The summed E-state index contributed by atoms with van der Waals surface area (Å²) in [6, 6.07) is 19.7. The Bertz CT molecular complexity index is 775. The van der Waals surface area contributed by atoms with Gasteiger partial charge in [0, 0.05) is 17.1 Å². The van der Waals surface area contributed by atoms with E-state index in [4.69, 9.17) is 9.05 Å². The second-order valence-electron chi connectivity index (χ2n) is 6.39. The maximum Gasteiger partial charge on any atom is 0.350 e. The fraction of sp³-hybridized carbons (Fsp3) is 0.400. The maximum absolute atomic E-state index is 13.9. The minimum Gasteiger partial charge on any atom is -0.308 e. The van der Waals surface area contributed by atoms with Crippen LogP contribution in [-0.4, -0.2) is 28.2 Å². The molecule has 0 saturated heterocycles. The number of hydrogen-bond donors (Lipinski definition) is 0. The van der Waals surface area contributed by atoms with Gasteiger partial charge in [0.15, 0.2) is 4.49 Å². The Kier molecular flexibility index (Phi) is 5.55. The average Bonchev–Trinajstić information content (AvgIpc) is 3.37. The van der Waals surface area contributed by atoms with Gasteiger partial charge in [-0.2, -0.15) is 0 Å². The Morgan fingerprint density at radius 1 is 0.923 bits per heavy atom. The van der Waals surface area contributed by atoms with Gasteiger partial charge in [-0.3, -0.25) is 8.77 Å². The van der Waals surface area contributed by atoms with Gasteiger partial charge in [0.2, 0.25) is 0 Å². The quantitative estimate of drug-likeness (QED) is 0.610. The molecule has 6 heteroatoms.